The van der Waals surface area contributed by atoms with Crippen LogP contribution >= 0.6 is 57.4 Å². The summed E-state index contributed by atoms with van der Waals surface area (Å²) >= 11 is 19.7. The van der Waals surface area contributed by atoms with E-state index in [2.05, 4.69) is 27.3 Å². The van der Waals surface area contributed by atoms with Crippen molar-refractivity contribution in [1.82, 2.24) is 0 Å². The second kappa shape index (κ2) is 6.27. The quantitative estimate of drug-likeness (QED) is 0.513. The fourth-order valence-corrected chi connectivity index (χ4v) is 3.86. The molecule has 0 aliphatic carbocycles. The summed E-state index contributed by atoms with van der Waals surface area (Å²) in [5, 5.41) is 0.335. The molecule has 2 aromatic carbocycles. The summed E-state index contributed by atoms with van der Waals surface area (Å²) in [7, 11) is -3.82. The number of rotatable bonds is 3. The van der Waals surface area contributed by atoms with Gasteiger partial charge in [0.1, 0.15) is 4.90 Å². The molecule has 106 valence electrons. The monoisotopic (exact) mass is 461 g/mol. The van der Waals surface area contributed by atoms with E-state index < -0.39 is 10.0 Å². The fraction of sp³-hybridized carbons (Fsp3) is 0. The normalized spacial score (nSPS) is 11.4. The van der Waals surface area contributed by atoms with Gasteiger partial charge in [-0.2, -0.15) is 0 Å². The van der Waals surface area contributed by atoms with Crippen molar-refractivity contribution in [3.63, 3.8) is 0 Å². The second-order valence-electron chi connectivity index (χ2n) is 3.81. The molecule has 0 fully saturated rings. The lowest BCUT2D eigenvalue weighted by atomic mass is 10.3. The summed E-state index contributed by atoms with van der Waals surface area (Å²) in [4.78, 5) is -0.118. The highest BCUT2D eigenvalue weighted by molar-refractivity contribution is 14.1. The molecule has 0 aliphatic rings. The van der Waals surface area contributed by atoms with Gasteiger partial charge in [0, 0.05) is 9.26 Å². The maximum Gasteiger partial charge on any atom is 0.263 e. The van der Waals surface area contributed by atoms with E-state index in [9.17, 15) is 8.42 Å². The van der Waals surface area contributed by atoms with Crippen LogP contribution in [0.4, 0.5) is 5.69 Å². The Labute approximate surface area is 145 Å². The van der Waals surface area contributed by atoms with Crippen LogP contribution < -0.4 is 4.72 Å². The van der Waals surface area contributed by atoms with Crippen LogP contribution in [0.1, 0.15) is 0 Å². The number of sulfonamides is 1. The molecule has 0 saturated carbocycles. The summed E-state index contributed by atoms with van der Waals surface area (Å²) in [6, 6.07) is 9.41. The van der Waals surface area contributed by atoms with Gasteiger partial charge in [-0.3, -0.25) is 4.72 Å². The van der Waals surface area contributed by atoms with Crippen molar-refractivity contribution in [2.24, 2.45) is 0 Å². The summed E-state index contributed by atoms with van der Waals surface area (Å²) in [5.74, 6) is 0. The number of benzene rings is 2. The predicted octanol–water partition coefficient (Wildman–Crippen LogP) is 5.05. The lowest BCUT2D eigenvalue weighted by Crippen LogP contribution is -2.13. The molecule has 2 rings (SSSR count). The molecular weight excluding hydrogens is 455 g/mol. The van der Waals surface area contributed by atoms with E-state index in [0.29, 0.717) is 5.69 Å². The summed E-state index contributed by atoms with van der Waals surface area (Å²) in [5.41, 5.74) is 0.438. The van der Waals surface area contributed by atoms with Crippen molar-refractivity contribution in [2.45, 2.75) is 4.90 Å². The van der Waals surface area contributed by atoms with Crippen molar-refractivity contribution in [2.75, 3.05) is 4.72 Å². The molecule has 2 aromatic rings. The van der Waals surface area contributed by atoms with Gasteiger partial charge in [0.25, 0.3) is 10.0 Å². The zero-order valence-corrected chi connectivity index (χ0v) is 14.9. The average molecular weight is 463 g/mol. The third-order valence-corrected chi connectivity index (χ3v) is 5.65. The Kier molecular flexibility index (Phi) is 5.07. The zero-order valence-electron chi connectivity index (χ0n) is 9.70. The molecule has 0 saturated heterocycles. The van der Waals surface area contributed by atoms with Crippen molar-refractivity contribution in [3.8, 4) is 0 Å². The predicted molar refractivity (Wildman–Crippen MR) is 91.4 cm³/mol. The van der Waals surface area contributed by atoms with Crippen molar-refractivity contribution < 1.29 is 8.42 Å². The van der Waals surface area contributed by atoms with Gasteiger partial charge < -0.3 is 0 Å². The second-order valence-corrected chi connectivity index (χ2v) is 7.93. The third kappa shape index (κ3) is 3.71. The van der Waals surface area contributed by atoms with Crippen molar-refractivity contribution >= 4 is 73.1 Å². The van der Waals surface area contributed by atoms with E-state index in [1.165, 1.54) is 12.1 Å². The first kappa shape index (κ1) is 16.2. The van der Waals surface area contributed by atoms with Crippen LogP contribution in [0.15, 0.2) is 41.3 Å². The number of halogens is 4. The maximum atomic E-state index is 12.3. The van der Waals surface area contributed by atoms with Crippen LogP contribution in [-0.4, -0.2) is 8.42 Å². The Bertz CT molecular complexity index is 748. The number of nitrogens with one attached hydrogen (secondary N) is 1. The van der Waals surface area contributed by atoms with Crippen LogP contribution in [0.3, 0.4) is 0 Å². The van der Waals surface area contributed by atoms with Crippen LogP contribution in [0.25, 0.3) is 0 Å². The molecule has 0 atom stereocenters. The van der Waals surface area contributed by atoms with E-state index in [1.807, 2.05) is 0 Å². The molecule has 0 bridgehead atoms. The Balaban J connectivity index is 2.40. The molecule has 20 heavy (non-hydrogen) atoms. The van der Waals surface area contributed by atoms with E-state index in [1.54, 1.807) is 24.3 Å². The molecule has 0 radical (unpaired) electrons. The molecule has 0 aromatic heterocycles. The first-order valence-corrected chi connectivity index (χ1v) is 8.92. The van der Waals surface area contributed by atoms with Gasteiger partial charge in [-0.25, -0.2) is 8.42 Å². The summed E-state index contributed by atoms with van der Waals surface area (Å²) in [6.45, 7) is 0. The zero-order chi connectivity index (χ0) is 14.9. The van der Waals surface area contributed by atoms with Gasteiger partial charge in [0.05, 0.1) is 15.1 Å². The Morgan fingerprint density at radius 1 is 0.900 bits per heavy atom. The third-order valence-electron chi connectivity index (χ3n) is 2.36. The molecule has 1 N–H and O–H groups in total. The smallest absolute Gasteiger partial charge is 0.263 e. The highest BCUT2D eigenvalue weighted by Gasteiger charge is 2.20. The average Bonchev–Trinajstić information content (AvgIpc) is 2.36. The van der Waals surface area contributed by atoms with Gasteiger partial charge in [-0.15, -0.1) is 0 Å². The minimum atomic E-state index is -3.82. The number of anilines is 1. The SMILES string of the molecule is O=S(=O)(Nc1ccc(I)cc1)c1cc(Cl)c(Cl)cc1Cl. The molecule has 0 amide bonds. The molecule has 0 spiro atoms. The Morgan fingerprint density at radius 2 is 1.45 bits per heavy atom. The molecule has 3 nitrogen and oxygen atoms in total. The minimum absolute atomic E-state index is 0.0115. The van der Waals surface area contributed by atoms with Crippen molar-refractivity contribution in [3.05, 3.63) is 55.0 Å². The van der Waals surface area contributed by atoms with Gasteiger partial charge >= 0.3 is 0 Å². The molecule has 0 unspecified atom stereocenters. The molecule has 0 heterocycles. The van der Waals surface area contributed by atoms with Crippen LogP contribution in [0.2, 0.25) is 15.1 Å². The molecular formula is C12H7Cl3INO2S. The number of hydrogen-bond acceptors (Lipinski definition) is 2. The van der Waals surface area contributed by atoms with Gasteiger partial charge in [-0.1, -0.05) is 34.8 Å². The van der Waals surface area contributed by atoms with Crippen LogP contribution in [0, 0.1) is 3.57 Å². The minimum Gasteiger partial charge on any atom is -0.280 e. The maximum absolute atomic E-state index is 12.3. The lowest BCUT2D eigenvalue weighted by molar-refractivity contribution is 0.601. The Morgan fingerprint density at radius 3 is 2.05 bits per heavy atom. The van der Waals surface area contributed by atoms with E-state index >= 15 is 0 Å². The summed E-state index contributed by atoms with van der Waals surface area (Å²) < 4.78 is 28.0. The fourth-order valence-electron chi connectivity index (χ4n) is 1.44. The van der Waals surface area contributed by atoms with Crippen molar-refractivity contribution in [1.29, 1.82) is 0 Å². The van der Waals surface area contributed by atoms with Gasteiger partial charge in [0.15, 0.2) is 0 Å². The van der Waals surface area contributed by atoms with E-state index in [4.69, 9.17) is 34.8 Å². The van der Waals surface area contributed by atoms with E-state index in [0.717, 1.165) is 3.57 Å². The first-order valence-electron chi connectivity index (χ1n) is 5.22. The largest absolute Gasteiger partial charge is 0.280 e. The van der Waals surface area contributed by atoms with E-state index in [-0.39, 0.29) is 20.0 Å². The van der Waals surface area contributed by atoms with Crippen LogP contribution in [0.5, 0.6) is 0 Å². The van der Waals surface area contributed by atoms with Gasteiger partial charge in [0.2, 0.25) is 0 Å². The van der Waals surface area contributed by atoms with Gasteiger partial charge in [-0.05, 0) is 59.0 Å². The standard InChI is InChI=1S/C12H7Cl3INO2S/c13-9-5-11(15)12(6-10(9)14)20(18,19)17-8-3-1-7(16)2-4-8/h1-6,17H. The molecule has 0 aliphatic heterocycles. The van der Waals surface area contributed by atoms with Crippen LogP contribution in [-0.2, 0) is 10.0 Å². The summed E-state index contributed by atoms with van der Waals surface area (Å²) in [6.07, 6.45) is 0. The first-order chi connectivity index (χ1) is 9.29. The highest BCUT2D eigenvalue weighted by atomic mass is 127. The lowest BCUT2D eigenvalue weighted by Gasteiger charge is -2.10. The Hall–Kier alpha value is -0.210. The molecule has 8 heteroatoms. The highest BCUT2D eigenvalue weighted by Crippen LogP contribution is 2.32. The number of hydrogen-bond donors (Lipinski definition) is 1. The topological polar surface area (TPSA) is 46.2 Å².